The van der Waals surface area contributed by atoms with Gasteiger partial charge in [-0.1, -0.05) is 40.0 Å². The van der Waals surface area contributed by atoms with Crippen LogP contribution in [0.5, 0.6) is 0 Å². The highest BCUT2D eigenvalue weighted by atomic mass is 14.9. The van der Waals surface area contributed by atoms with Gasteiger partial charge < -0.3 is 5.32 Å². The fraction of sp³-hybridized carbons (Fsp3) is 1.00. The third-order valence-electron chi connectivity index (χ3n) is 4.11. The molecule has 0 aliphatic heterocycles. The summed E-state index contributed by atoms with van der Waals surface area (Å²) in [5.74, 6) is 2.55. The lowest BCUT2D eigenvalue weighted by molar-refractivity contribution is 0.192. The van der Waals surface area contributed by atoms with Gasteiger partial charge in [0.2, 0.25) is 0 Å². The second-order valence-corrected chi connectivity index (χ2v) is 5.32. The third-order valence-corrected chi connectivity index (χ3v) is 4.11. The molecule has 1 rings (SSSR count). The van der Waals surface area contributed by atoms with Crippen molar-refractivity contribution in [2.45, 2.75) is 58.9 Å². The van der Waals surface area contributed by atoms with E-state index in [0.717, 1.165) is 23.8 Å². The molecule has 0 saturated heterocycles. The zero-order valence-corrected chi connectivity index (χ0v) is 10.3. The molecule has 1 aliphatic carbocycles. The Balaban J connectivity index is 2.50. The molecular formula is C13H27N. The normalized spacial score (nSPS) is 23.8. The lowest BCUT2D eigenvalue weighted by Crippen LogP contribution is -2.41. The average Bonchev–Trinajstić information content (AvgIpc) is 2.20. The fourth-order valence-electron chi connectivity index (χ4n) is 2.84. The predicted octanol–water partition coefficient (Wildman–Crippen LogP) is 3.45. The SMILES string of the molecule is CNC(C1CCCCC1)C(C)C(C)C. The van der Waals surface area contributed by atoms with E-state index in [1.54, 1.807) is 0 Å². The van der Waals surface area contributed by atoms with Crippen LogP contribution in [0.25, 0.3) is 0 Å². The minimum Gasteiger partial charge on any atom is -0.316 e. The van der Waals surface area contributed by atoms with Crippen LogP contribution >= 0.6 is 0 Å². The van der Waals surface area contributed by atoms with E-state index in [2.05, 4.69) is 33.1 Å². The van der Waals surface area contributed by atoms with Crippen LogP contribution in [0, 0.1) is 17.8 Å². The van der Waals surface area contributed by atoms with Gasteiger partial charge in [0.05, 0.1) is 0 Å². The van der Waals surface area contributed by atoms with Crippen molar-refractivity contribution in [1.29, 1.82) is 0 Å². The maximum absolute atomic E-state index is 3.55. The summed E-state index contributed by atoms with van der Waals surface area (Å²) in [5, 5.41) is 3.55. The zero-order valence-electron chi connectivity index (χ0n) is 10.3. The molecule has 1 saturated carbocycles. The van der Waals surface area contributed by atoms with Crippen LogP contribution in [0.3, 0.4) is 0 Å². The van der Waals surface area contributed by atoms with E-state index in [9.17, 15) is 0 Å². The van der Waals surface area contributed by atoms with E-state index in [1.165, 1.54) is 32.1 Å². The Kier molecular flexibility index (Phi) is 4.94. The Morgan fingerprint density at radius 3 is 2.00 bits per heavy atom. The van der Waals surface area contributed by atoms with Crippen molar-refractivity contribution in [3.63, 3.8) is 0 Å². The van der Waals surface area contributed by atoms with Crippen molar-refractivity contribution in [3.05, 3.63) is 0 Å². The van der Waals surface area contributed by atoms with Crippen LogP contribution in [-0.2, 0) is 0 Å². The first-order valence-electron chi connectivity index (χ1n) is 6.34. The highest BCUT2D eigenvalue weighted by Gasteiger charge is 2.28. The van der Waals surface area contributed by atoms with Crippen molar-refractivity contribution < 1.29 is 0 Å². The van der Waals surface area contributed by atoms with Crippen LogP contribution in [0.1, 0.15) is 52.9 Å². The van der Waals surface area contributed by atoms with Crippen molar-refractivity contribution >= 4 is 0 Å². The number of hydrogen-bond donors (Lipinski definition) is 1. The van der Waals surface area contributed by atoms with E-state index in [0.29, 0.717) is 0 Å². The summed E-state index contributed by atoms with van der Waals surface area (Å²) in [4.78, 5) is 0. The zero-order chi connectivity index (χ0) is 10.6. The van der Waals surface area contributed by atoms with Gasteiger partial charge in [-0.05, 0) is 37.6 Å². The topological polar surface area (TPSA) is 12.0 Å². The van der Waals surface area contributed by atoms with E-state index in [-0.39, 0.29) is 0 Å². The van der Waals surface area contributed by atoms with Crippen molar-refractivity contribution in [2.75, 3.05) is 7.05 Å². The summed E-state index contributed by atoms with van der Waals surface area (Å²) in [5.41, 5.74) is 0. The van der Waals surface area contributed by atoms with Gasteiger partial charge in [0.1, 0.15) is 0 Å². The second-order valence-electron chi connectivity index (χ2n) is 5.32. The highest BCUT2D eigenvalue weighted by Crippen LogP contribution is 2.31. The maximum atomic E-state index is 3.55. The lowest BCUT2D eigenvalue weighted by atomic mass is 9.76. The quantitative estimate of drug-likeness (QED) is 0.728. The van der Waals surface area contributed by atoms with Gasteiger partial charge in [0.15, 0.2) is 0 Å². The van der Waals surface area contributed by atoms with Crippen LogP contribution in [0.4, 0.5) is 0 Å². The summed E-state index contributed by atoms with van der Waals surface area (Å²) in [6, 6.07) is 0.746. The summed E-state index contributed by atoms with van der Waals surface area (Å²) >= 11 is 0. The molecule has 0 amide bonds. The first-order valence-corrected chi connectivity index (χ1v) is 6.34. The minimum absolute atomic E-state index is 0.746. The largest absolute Gasteiger partial charge is 0.316 e. The van der Waals surface area contributed by atoms with Crippen LogP contribution in [-0.4, -0.2) is 13.1 Å². The van der Waals surface area contributed by atoms with Gasteiger partial charge in [-0.25, -0.2) is 0 Å². The Hall–Kier alpha value is -0.0400. The van der Waals surface area contributed by atoms with E-state index in [4.69, 9.17) is 0 Å². The predicted molar refractivity (Wildman–Crippen MR) is 63.4 cm³/mol. The molecule has 0 aromatic carbocycles. The molecule has 0 radical (unpaired) electrons. The van der Waals surface area contributed by atoms with Crippen LogP contribution in [0.15, 0.2) is 0 Å². The Bertz CT molecular complexity index is 147. The van der Waals surface area contributed by atoms with Gasteiger partial charge in [-0.15, -0.1) is 0 Å². The molecular weight excluding hydrogens is 170 g/mol. The third kappa shape index (κ3) is 2.98. The molecule has 14 heavy (non-hydrogen) atoms. The van der Waals surface area contributed by atoms with E-state index in [1.807, 2.05) is 0 Å². The first-order chi connectivity index (χ1) is 6.66. The molecule has 1 nitrogen and oxygen atoms in total. The fourth-order valence-corrected chi connectivity index (χ4v) is 2.84. The summed E-state index contributed by atoms with van der Waals surface area (Å²) in [6.45, 7) is 7.09. The minimum atomic E-state index is 0.746. The number of rotatable bonds is 4. The van der Waals surface area contributed by atoms with Crippen LogP contribution < -0.4 is 5.32 Å². The molecule has 84 valence electrons. The molecule has 1 aliphatic rings. The lowest BCUT2D eigenvalue weighted by Gasteiger charge is -2.36. The van der Waals surface area contributed by atoms with Gasteiger partial charge in [-0.2, -0.15) is 0 Å². The summed E-state index contributed by atoms with van der Waals surface area (Å²) in [6.07, 6.45) is 7.26. The van der Waals surface area contributed by atoms with Crippen molar-refractivity contribution in [2.24, 2.45) is 17.8 Å². The first kappa shape index (κ1) is 12.0. The van der Waals surface area contributed by atoms with Gasteiger partial charge in [0, 0.05) is 6.04 Å². The molecule has 0 aromatic rings. The summed E-state index contributed by atoms with van der Waals surface area (Å²) in [7, 11) is 2.14. The molecule has 0 spiro atoms. The number of hydrogen-bond acceptors (Lipinski definition) is 1. The highest BCUT2D eigenvalue weighted by molar-refractivity contribution is 4.83. The molecule has 1 N–H and O–H groups in total. The molecule has 1 fully saturated rings. The monoisotopic (exact) mass is 197 g/mol. The number of nitrogens with one attached hydrogen (secondary N) is 1. The van der Waals surface area contributed by atoms with Gasteiger partial charge >= 0.3 is 0 Å². The molecule has 0 heterocycles. The van der Waals surface area contributed by atoms with E-state index >= 15 is 0 Å². The smallest absolute Gasteiger partial charge is 0.0120 e. The summed E-state index contributed by atoms with van der Waals surface area (Å²) < 4.78 is 0. The maximum Gasteiger partial charge on any atom is 0.0120 e. The Morgan fingerprint density at radius 2 is 1.57 bits per heavy atom. The van der Waals surface area contributed by atoms with E-state index < -0.39 is 0 Å². The Labute approximate surface area is 89.7 Å². The molecule has 1 heteroatoms. The Morgan fingerprint density at radius 1 is 1.00 bits per heavy atom. The molecule has 2 atom stereocenters. The van der Waals surface area contributed by atoms with Crippen molar-refractivity contribution in [3.8, 4) is 0 Å². The standard InChI is InChI=1S/C13H27N/c1-10(2)11(3)13(14-4)12-8-6-5-7-9-12/h10-14H,5-9H2,1-4H3. The van der Waals surface area contributed by atoms with Crippen molar-refractivity contribution in [1.82, 2.24) is 5.32 Å². The average molecular weight is 197 g/mol. The molecule has 0 aromatic heterocycles. The molecule has 2 unspecified atom stereocenters. The van der Waals surface area contributed by atoms with Gasteiger partial charge in [-0.3, -0.25) is 0 Å². The molecule has 0 bridgehead atoms. The van der Waals surface area contributed by atoms with Gasteiger partial charge in [0.25, 0.3) is 0 Å². The van der Waals surface area contributed by atoms with Crippen LogP contribution in [0.2, 0.25) is 0 Å². The second kappa shape index (κ2) is 5.75.